The van der Waals surface area contributed by atoms with Crippen LogP contribution in [0.3, 0.4) is 0 Å². The van der Waals surface area contributed by atoms with E-state index in [9.17, 15) is 14.4 Å². The van der Waals surface area contributed by atoms with Crippen LogP contribution in [-0.4, -0.2) is 51.4 Å². The summed E-state index contributed by atoms with van der Waals surface area (Å²) in [6, 6.07) is 8.10. The third-order valence-corrected chi connectivity index (χ3v) is 5.31. The van der Waals surface area contributed by atoms with Crippen LogP contribution in [0.2, 0.25) is 0 Å². The van der Waals surface area contributed by atoms with Gasteiger partial charge in [-0.15, -0.1) is 11.8 Å². The maximum Gasteiger partial charge on any atom is 0.501 e. The molecule has 2 aliphatic rings. The van der Waals surface area contributed by atoms with E-state index >= 15 is 0 Å². The number of allylic oxidation sites excluding steroid dienone is 1. The highest BCUT2D eigenvalue weighted by Crippen LogP contribution is 2.28. The highest BCUT2D eigenvalue weighted by Gasteiger charge is 2.49. The fraction of sp³-hybridized carbons (Fsp3) is 0.316. The lowest BCUT2D eigenvalue weighted by atomic mass is 10.1. The van der Waals surface area contributed by atoms with Crippen molar-refractivity contribution in [3.8, 4) is 6.07 Å². The molecule has 1 aromatic rings. The van der Waals surface area contributed by atoms with Crippen LogP contribution in [0.25, 0.3) is 0 Å². The second kappa shape index (κ2) is 8.18. The Labute approximate surface area is 161 Å². The van der Waals surface area contributed by atoms with Gasteiger partial charge in [0.05, 0.1) is 18.2 Å². The molecule has 0 bridgehead atoms. The van der Waals surface area contributed by atoms with E-state index in [2.05, 4.69) is 5.32 Å². The van der Waals surface area contributed by atoms with Gasteiger partial charge in [0, 0.05) is 5.69 Å². The van der Waals surface area contributed by atoms with Gasteiger partial charge in [0.25, 0.3) is 5.91 Å². The number of carbonyl (C=O) groups excluding carboxylic acids is 3. The van der Waals surface area contributed by atoms with Gasteiger partial charge in [-0.3, -0.25) is 4.79 Å². The SMILES string of the molecule is CCCCN1C(=O)C2SC=CC2=[N+](CC(=O)Nc2cccc(C#N)c2)C1=O. The Kier molecular flexibility index (Phi) is 5.72. The Morgan fingerprint density at radius 3 is 2.96 bits per heavy atom. The molecule has 27 heavy (non-hydrogen) atoms. The van der Waals surface area contributed by atoms with E-state index < -0.39 is 11.3 Å². The molecule has 8 heteroatoms. The molecule has 0 spiro atoms. The summed E-state index contributed by atoms with van der Waals surface area (Å²) in [4.78, 5) is 39.1. The van der Waals surface area contributed by atoms with E-state index in [4.69, 9.17) is 5.26 Å². The lowest BCUT2D eigenvalue weighted by molar-refractivity contribution is -0.425. The van der Waals surface area contributed by atoms with Gasteiger partial charge in [-0.25, -0.2) is 4.79 Å². The molecule has 0 aromatic heterocycles. The smallest absolute Gasteiger partial charge is 0.323 e. The summed E-state index contributed by atoms with van der Waals surface area (Å²) in [6.45, 7) is 2.14. The lowest BCUT2D eigenvalue weighted by Gasteiger charge is -2.24. The van der Waals surface area contributed by atoms with Crippen molar-refractivity contribution in [3.63, 3.8) is 0 Å². The van der Waals surface area contributed by atoms with Crippen molar-refractivity contribution in [1.82, 2.24) is 4.90 Å². The summed E-state index contributed by atoms with van der Waals surface area (Å²) in [7, 11) is 0. The molecule has 0 saturated heterocycles. The number of fused-ring (bicyclic) bond motifs is 1. The summed E-state index contributed by atoms with van der Waals surface area (Å²) in [6.07, 6.45) is 3.30. The summed E-state index contributed by atoms with van der Waals surface area (Å²) < 4.78 is 1.36. The summed E-state index contributed by atoms with van der Waals surface area (Å²) in [5.41, 5.74) is 1.46. The van der Waals surface area contributed by atoms with Crippen molar-refractivity contribution in [2.75, 3.05) is 18.4 Å². The minimum atomic E-state index is -0.478. The van der Waals surface area contributed by atoms with E-state index in [1.165, 1.54) is 21.2 Å². The maximum atomic E-state index is 12.8. The summed E-state index contributed by atoms with van der Waals surface area (Å²) in [5.74, 6) is -0.614. The third kappa shape index (κ3) is 3.93. The van der Waals surface area contributed by atoms with Crippen LogP contribution in [0.1, 0.15) is 25.3 Å². The average Bonchev–Trinajstić information content (AvgIpc) is 3.15. The zero-order valence-corrected chi connectivity index (χ0v) is 15.7. The molecule has 7 nitrogen and oxygen atoms in total. The fourth-order valence-electron chi connectivity index (χ4n) is 2.94. The number of hydrogen-bond acceptors (Lipinski definition) is 5. The Bertz CT molecular complexity index is 900. The van der Waals surface area contributed by atoms with Crippen molar-refractivity contribution in [3.05, 3.63) is 41.3 Å². The molecule has 2 heterocycles. The molecular formula is C19H19N4O3S+. The first-order valence-corrected chi connectivity index (χ1v) is 9.61. The Morgan fingerprint density at radius 1 is 1.41 bits per heavy atom. The van der Waals surface area contributed by atoms with Crippen LogP contribution >= 0.6 is 11.8 Å². The molecule has 2 aliphatic heterocycles. The molecular weight excluding hydrogens is 364 g/mol. The minimum Gasteiger partial charge on any atom is -0.323 e. The fourth-order valence-corrected chi connectivity index (χ4v) is 3.91. The average molecular weight is 383 g/mol. The largest absolute Gasteiger partial charge is 0.501 e. The lowest BCUT2D eigenvalue weighted by Crippen LogP contribution is -2.56. The number of amides is 4. The van der Waals surface area contributed by atoms with Crippen molar-refractivity contribution in [1.29, 1.82) is 5.26 Å². The Hall–Kier alpha value is -2.92. The molecule has 1 atom stereocenters. The van der Waals surface area contributed by atoms with Gasteiger partial charge < -0.3 is 5.32 Å². The number of imide groups is 1. The number of carbonyl (C=O) groups is 3. The number of hydrogen-bond donors (Lipinski definition) is 1. The minimum absolute atomic E-state index is 0.192. The van der Waals surface area contributed by atoms with Gasteiger partial charge in [0.1, 0.15) is 5.71 Å². The quantitative estimate of drug-likeness (QED) is 0.761. The van der Waals surface area contributed by atoms with Crippen molar-refractivity contribution >= 4 is 41.0 Å². The van der Waals surface area contributed by atoms with Gasteiger partial charge in [-0.1, -0.05) is 19.4 Å². The van der Waals surface area contributed by atoms with E-state index in [1.807, 2.05) is 13.0 Å². The molecule has 1 aromatic carbocycles. The molecule has 0 fully saturated rings. The van der Waals surface area contributed by atoms with Gasteiger partial charge in [0.15, 0.2) is 11.8 Å². The highest BCUT2D eigenvalue weighted by atomic mass is 32.2. The molecule has 4 amide bonds. The first-order valence-electron chi connectivity index (χ1n) is 8.67. The Morgan fingerprint density at radius 2 is 2.22 bits per heavy atom. The maximum absolute atomic E-state index is 12.8. The predicted molar refractivity (Wildman–Crippen MR) is 102 cm³/mol. The first kappa shape index (κ1) is 18.9. The number of nitrogens with one attached hydrogen (secondary N) is 1. The van der Waals surface area contributed by atoms with Crippen molar-refractivity contribution in [2.24, 2.45) is 0 Å². The van der Waals surface area contributed by atoms with Gasteiger partial charge in [-0.2, -0.15) is 19.5 Å². The van der Waals surface area contributed by atoms with Crippen LogP contribution < -0.4 is 5.32 Å². The second-order valence-electron chi connectivity index (χ2n) is 6.20. The molecule has 0 saturated carbocycles. The summed E-state index contributed by atoms with van der Waals surface area (Å²) >= 11 is 1.34. The monoisotopic (exact) mass is 383 g/mol. The number of nitriles is 1. The number of rotatable bonds is 6. The van der Waals surface area contributed by atoms with Crippen LogP contribution in [0.4, 0.5) is 10.5 Å². The van der Waals surface area contributed by atoms with Gasteiger partial charge in [-0.05, 0) is 36.1 Å². The number of anilines is 1. The predicted octanol–water partition coefficient (Wildman–Crippen LogP) is 2.34. The number of benzene rings is 1. The standard InChI is InChI=1S/C19H18N4O3S/c1-2-3-8-22-18(25)17-15(7-9-27-17)23(19(22)26)12-16(24)21-14-6-4-5-13(10-14)11-20/h4-7,9-10,17H,2-3,8,12H2,1H3/p+1. The molecule has 0 radical (unpaired) electrons. The van der Waals surface area contributed by atoms with Crippen LogP contribution in [0.15, 0.2) is 35.7 Å². The summed E-state index contributed by atoms with van der Waals surface area (Å²) in [5, 5.41) is 13.0. The number of nitrogens with zero attached hydrogens (tertiary/aromatic N) is 3. The topological polar surface area (TPSA) is 93.3 Å². The molecule has 1 N–H and O–H groups in total. The third-order valence-electron chi connectivity index (χ3n) is 4.30. The van der Waals surface area contributed by atoms with E-state index in [0.717, 1.165) is 12.8 Å². The number of thioether (sulfide) groups is 1. The zero-order chi connectivity index (χ0) is 19.4. The van der Waals surface area contributed by atoms with Crippen LogP contribution in [0, 0.1) is 11.3 Å². The van der Waals surface area contributed by atoms with Crippen LogP contribution in [0.5, 0.6) is 0 Å². The van der Waals surface area contributed by atoms with Crippen molar-refractivity contribution in [2.45, 2.75) is 25.0 Å². The van der Waals surface area contributed by atoms with Crippen molar-refractivity contribution < 1.29 is 19.0 Å². The molecule has 0 aliphatic carbocycles. The number of unbranched alkanes of at least 4 members (excludes halogenated alkanes) is 1. The zero-order valence-electron chi connectivity index (χ0n) is 14.8. The van der Waals surface area contributed by atoms with Gasteiger partial charge >= 0.3 is 11.9 Å². The van der Waals surface area contributed by atoms with E-state index in [0.29, 0.717) is 23.5 Å². The first-order chi connectivity index (χ1) is 13.0. The molecule has 3 rings (SSSR count). The van der Waals surface area contributed by atoms with Crippen LogP contribution in [-0.2, 0) is 9.59 Å². The van der Waals surface area contributed by atoms with E-state index in [-0.39, 0.29) is 18.4 Å². The van der Waals surface area contributed by atoms with Gasteiger partial charge in [0.2, 0.25) is 0 Å². The number of urea groups is 1. The molecule has 138 valence electrons. The highest BCUT2D eigenvalue weighted by molar-refractivity contribution is 8.04. The Balaban J connectivity index is 1.80. The normalized spacial score (nSPS) is 18.5. The van der Waals surface area contributed by atoms with E-state index in [1.54, 1.807) is 35.7 Å². The molecule has 1 unspecified atom stereocenters. The second-order valence-corrected chi connectivity index (χ2v) is 7.21.